The molecule has 2 N–H and O–H groups in total. The average Bonchev–Trinajstić information content (AvgIpc) is 2.25. The molecule has 78 valence electrons. The first-order valence-corrected chi connectivity index (χ1v) is 5.38. The summed E-state index contributed by atoms with van der Waals surface area (Å²) in [6, 6.07) is 8.37. The molecule has 1 rings (SSSR count). The van der Waals surface area contributed by atoms with Gasteiger partial charge in [-0.2, -0.15) is 0 Å². The molecule has 0 aliphatic carbocycles. The number of rotatable bonds is 6. The van der Waals surface area contributed by atoms with Crippen molar-refractivity contribution in [2.45, 2.75) is 26.2 Å². The van der Waals surface area contributed by atoms with Crippen molar-refractivity contribution in [1.82, 2.24) is 0 Å². The fourth-order valence-corrected chi connectivity index (χ4v) is 1.39. The van der Waals surface area contributed by atoms with Crippen LogP contribution >= 0.6 is 0 Å². The Labute approximate surface area is 86.7 Å². The standard InChI is InChI=1S/C12H20N2/c1-3-4-5-9-14-12-8-6-7-11(10-12)13-2/h6-8,10,13-14H,3-5,9H2,1-2H3. The molecule has 0 unspecified atom stereocenters. The monoisotopic (exact) mass is 192 g/mol. The highest BCUT2D eigenvalue weighted by Gasteiger charge is 1.92. The molecule has 0 radical (unpaired) electrons. The molecule has 0 aliphatic rings. The van der Waals surface area contributed by atoms with E-state index in [9.17, 15) is 0 Å². The van der Waals surface area contributed by atoms with Crippen LogP contribution in [0.5, 0.6) is 0 Å². The zero-order valence-corrected chi connectivity index (χ0v) is 9.14. The lowest BCUT2D eigenvalue weighted by Crippen LogP contribution is -2.01. The summed E-state index contributed by atoms with van der Waals surface area (Å²) in [5, 5.41) is 6.54. The minimum Gasteiger partial charge on any atom is -0.388 e. The fourth-order valence-electron chi connectivity index (χ4n) is 1.39. The second kappa shape index (κ2) is 6.30. The zero-order valence-electron chi connectivity index (χ0n) is 9.14. The molecule has 1 aromatic rings. The second-order valence-corrected chi connectivity index (χ2v) is 3.46. The molecule has 14 heavy (non-hydrogen) atoms. The van der Waals surface area contributed by atoms with E-state index in [0.717, 1.165) is 12.2 Å². The third-order valence-electron chi connectivity index (χ3n) is 2.26. The quantitative estimate of drug-likeness (QED) is 0.675. The van der Waals surface area contributed by atoms with Crippen molar-refractivity contribution in [2.24, 2.45) is 0 Å². The topological polar surface area (TPSA) is 24.1 Å². The lowest BCUT2D eigenvalue weighted by molar-refractivity contribution is 0.744. The van der Waals surface area contributed by atoms with Crippen LogP contribution in [0.1, 0.15) is 26.2 Å². The van der Waals surface area contributed by atoms with Gasteiger partial charge in [0.05, 0.1) is 0 Å². The average molecular weight is 192 g/mol. The van der Waals surface area contributed by atoms with Gasteiger partial charge in [-0.15, -0.1) is 0 Å². The minimum atomic E-state index is 1.07. The van der Waals surface area contributed by atoms with Gasteiger partial charge in [0.2, 0.25) is 0 Å². The predicted molar refractivity (Wildman–Crippen MR) is 64.0 cm³/mol. The van der Waals surface area contributed by atoms with Crippen LogP contribution in [0.15, 0.2) is 24.3 Å². The van der Waals surface area contributed by atoms with Crippen molar-refractivity contribution in [1.29, 1.82) is 0 Å². The molecule has 0 amide bonds. The van der Waals surface area contributed by atoms with E-state index < -0.39 is 0 Å². The van der Waals surface area contributed by atoms with Crippen molar-refractivity contribution in [3.8, 4) is 0 Å². The van der Waals surface area contributed by atoms with E-state index in [2.05, 4.69) is 41.8 Å². The maximum Gasteiger partial charge on any atom is 0.0360 e. The van der Waals surface area contributed by atoms with Crippen LogP contribution in [0.25, 0.3) is 0 Å². The Bertz CT molecular complexity index is 258. The summed E-state index contributed by atoms with van der Waals surface area (Å²) < 4.78 is 0. The van der Waals surface area contributed by atoms with Crippen molar-refractivity contribution < 1.29 is 0 Å². The number of unbranched alkanes of at least 4 members (excludes halogenated alkanes) is 2. The van der Waals surface area contributed by atoms with Gasteiger partial charge in [-0.1, -0.05) is 25.8 Å². The smallest absolute Gasteiger partial charge is 0.0360 e. The van der Waals surface area contributed by atoms with E-state index in [1.165, 1.54) is 24.9 Å². The first-order chi connectivity index (χ1) is 6.86. The number of nitrogens with one attached hydrogen (secondary N) is 2. The van der Waals surface area contributed by atoms with Gasteiger partial charge in [0.1, 0.15) is 0 Å². The van der Waals surface area contributed by atoms with Crippen LogP contribution in [0.4, 0.5) is 11.4 Å². The second-order valence-electron chi connectivity index (χ2n) is 3.46. The van der Waals surface area contributed by atoms with Gasteiger partial charge in [-0.05, 0) is 24.6 Å². The van der Waals surface area contributed by atoms with Crippen LogP contribution in [-0.4, -0.2) is 13.6 Å². The summed E-state index contributed by atoms with van der Waals surface area (Å²) in [5.41, 5.74) is 2.36. The molecule has 0 saturated carbocycles. The van der Waals surface area contributed by atoms with Gasteiger partial charge >= 0.3 is 0 Å². The van der Waals surface area contributed by atoms with Crippen molar-refractivity contribution in [3.63, 3.8) is 0 Å². The summed E-state index contributed by atoms with van der Waals surface area (Å²) in [4.78, 5) is 0. The SMILES string of the molecule is CCCCCNc1cccc(NC)c1. The molecule has 0 atom stereocenters. The first kappa shape index (κ1) is 10.9. The van der Waals surface area contributed by atoms with Crippen LogP contribution in [0, 0.1) is 0 Å². The summed E-state index contributed by atoms with van der Waals surface area (Å²) in [6.45, 7) is 3.29. The maximum atomic E-state index is 3.41. The molecule has 2 heteroatoms. The zero-order chi connectivity index (χ0) is 10.2. The molecule has 2 nitrogen and oxygen atoms in total. The van der Waals surface area contributed by atoms with Gasteiger partial charge in [-0.25, -0.2) is 0 Å². The molecular formula is C12H20N2. The molecule has 1 aromatic carbocycles. The lowest BCUT2D eigenvalue weighted by atomic mass is 10.2. The molecular weight excluding hydrogens is 172 g/mol. The molecule has 0 heterocycles. The molecule has 0 aliphatic heterocycles. The Balaban J connectivity index is 2.34. The van der Waals surface area contributed by atoms with Crippen LogP contribution in [0.3, 0.4) is 0 Å². The lowest BCUT2D eigenvalue weighted by Gasteiger charge is -2.07. The van der Waals surface area contributed by atoms with Crippen molar-refractivity contribution in [3.05, 3.63) is 24.3 Å². The largest absolute Gasteiger partial charge is 0.388 e. The summed E-state index contributed by atoms with van der Waals surface area (Å²) in [7, 11) is 1.94. The van der Waals surface area contributed by atoms with Crippen LogP contribution < -0.4 is 10.6 Å². The Morgan fingerprint density at radius 3 is 2.64 bits per heavy atom. The normalized spacial score (nSPS) is 9.86. The minimum absolute atomic E-state index is 1.07. The molecule has 0 bridgehead atoms. The van der Waals surface area contributed by atoms with Crippen LogP contribution in [-0.2, 0) is 0 Å². The molecule has 0 fully saturated rings. The van der Waals surface area contributed by atoms with Crippen molar-refractivity contribution in [2.75, 3.05) is 24.2 Å². The number of benzene rings is 1. The predicted octanol–water partition coefficient (Wildman–Crippen LogP) is 3.33. The van der Waals surface area contributed by atoms with E-state index in [1.807, 2.05) is 7.05 Å². The van der Waals surface area contributed by atoms with E-state index in [4.69, 9.17) is 0 Å². The number of hydrogen-bond acceptors (Lipinski definition) is 2. The Morgan fingerprint density at radius 2 is 1.93 bits per heavy atom. The Morgan fingerprint density at radius 1 is 1.14 bits per heavy atom. The number of anilines is 2. The van der Waals surface area contributed by atoms with E-state index in [-0.39, 0.29) is 0 Å². The molecule has 0 spiro atoms. The van der Waals surface area contributed by atoms with Crippen LogP contribution in [0.2, 0.25) is 0 Å². The third kappa shape index (κ3) is 3.69. The van der Waals surface area contributed by atoms with E-state index >= 15 is 0 Å². The third-order valence-corrected chi connectivity index (χ3v) is 2.26. The number of hydrogen-bond donors (Lipinski definition) is 2. The van der Waals surface area contributed by atoms with E-state index in [1.54, 1.807) is 0 Å². The highest BCUT2D eigenvalue weighted by Crippen LogP contribution is 2.14. The Hall–Kier alpha value is -1.18. The fraction of sp³-hybridized carbons (Fsp3) is 0.500. The highest BCUT2D eigenvalue weighted by molar-refractivity contribution is 5.56. The van der Waals surface area contributed by atoms with Gasteiger partial charge < -0.3 is 10.6 Å². The van der Waals surface area contributed by atoms with Gasteiger partial charge in [0.25, 0.3) is 0 Å². The summed E-state index contributed by atoms with van der Waals surface area (Å²) >= 11 is 0. The highest BCUT2D eigenvalue weighted by atomic mass is 14.9. The van der Waals surface area contributed by atoms with E-state index in [0.29, 0.717) is 0 Å². The molecule has 0 aromatic heterocycles. The van der Waals surface area contributed by atoms with Crippen molar-refractivity contribution >= 4 is 11.4 Å². The first-order valence-electron chi connectivity index (χ1n) is 5.38. The van der Waals surface area contributed by atoms with Gasteiger partial charge in [0, 0.05) is 25.0 Å². The maximum absolute atomic E-state index is 3.41. The molecule has 0 saturated heterocycles. The van der Waals surface area contributed by atoms with Gasteiger partial charge in [0.15, 0.2) is 0 Å². The van der Waals surface area contributed by atoms with Gasteiger partial charge in [-0.3, -0.25) is 0 Å². The summed E-state index contributed by atoms with van der Waals surface area (Å²) in [6.07, 6.45) is 3.83. The Kier molecular flexibility index (Phi) is 4.90. The summed E-state index contributed by atoms with van der Waals surface area (Å²) in [5.74, 6) is 0.